The molecule has 0 bridgehead atoms. The van der Waals surface area contributed by atoms with E-state index in [1.54, 1.807) is 14.0 Å². The summed E-state index contributed by atoms with van der Waals surface area (Å²) in [7, 11) is 1.65. The Hall–Kier alpha value is -3.72. The molecule has 2 aromatic carbocycles. The van der Waals surface area contributed by atoms with Crippen molar-refractivity contribution in [2.45, 2.75) is 155 Å². The number of carbonyl (C=O) groups is 2. The molecule has 1 atom stereocenters. The second kappa shape index (κ2) is 22.6. The van der Waals surface area contributed by atoms with Crippen molar-refractivity contribution < 1.29 is 23.8 Å². The highest BCUT2D eigenvalue weighted by atomic mass is 32.2. The highest BCUT2D eigenvalue weighted by Gasteiger charge is 2.41. The van der Waals surface area contributed by atoms with E-state index < -0.39 is 17.9 Å². The molecule has 0 spiro atoms. The molecule has 2 heterocycles. The maximum atomic E-state index is 14.3. The summed E-state index contributed by atoms with van der Waals surface area (Å²) in [5.41, 5.74) is 6.97. The number of dihydropyridines is 1. The number of allylic oxidation sites excluding steroid dienone is 1. The van der Waals surface area contributed by atoms with E-state index >= 15 is 0 Å². The van der Waals surface area contributed by atoms with Gasteiger partial charge in [0, 0.05) is 22.7 Å². The lowest BCUT2D eigenvalue weighted by Gasteiger charge is -2.33. The number of aromatic amines is 1. The predicted octanol–water partition coefficient (Wildman–Crippen LogP) is 11.4. The molecule has 9 heteroatoms. The Balaban J connectivity index is 1.56. The average Bonchev–Trinajstić information content (AvgIpc) is 3.55. The Morgan fingerprint density at radius 3 is 2.09 bits per heavy atom. The van der Waals surface area contributed by atoms with E-state index in [4.69, 9.17) is 19.2 Å². The van der Waals surface area contributed by atoms with Crippen LogP contribution in [-0.4, -0.2) is 47.5 Å². The number of unbranched alkanes of at least 4 members (excludes halogenated alkanes) is 13. The van der Waals surface area contributed by atoms with Gasteiger partial charge in [0.05, 0.1) is 47.9 Å². The normalized spacial score (nSPS) is 14.6. The quantitative estimate of drug-likeness (QED) is 0.0529. The molecule has 1 aliphatic rings. The molecule has 1 unspecified atom stereocenters. The fourth-order valence-electron chi connectivity index (χ4n) is 7.43. The number of imidazole rings is 1. The molecule has 0 fully saturated rings. The number of hydrogen-bond acceptors (Lipinski definition) is 8. The Labute approximate surface area is 328 Å². The van der Waals surface area contributed by atoms with Crippen LogP contribution in [0.15, 0.2) is 64.1 Å². The highest BCUT2D eigenvalue weighted by Crippen LogP contribution is 2.45. The number of thioether (sulfide) groups is 1. The number of aromatic nitrogens is 2. The summed E-state index contributed by atoms with van der Waals surface area (Å²) in [5.74, 6) is -0.650. The molecule has 0 radical (unpaired) electrons. The van der Waals surface area contributed by atoms with Crippen molar-refractivity contribution in [3.63, 3.8) is 0 Å². The zero-order valence-corrected chi connectivity index (χ0v) is 34.9. The van der Waals surface area contributed by atoms with Crippen LogP contribution >= 0.6 is 11.8 Å². The van der Waals surface area contributed by atoms with E-state index in [-0.39, 0.29) is 12.7 Å². The van der Waals surface area contributed by atoms with E-state index in [9.17, 15) is 9.59 Å². The average molecular weight is 760 g/mol. The summed E-state index contributed by atoms with van der Waals surface area (Å²) in [4.78, 5) is 36.3. The third kappa shape index (κ3) is 12.4. The Bertz CT molecular complexity index is 1730. The largest absolute Gasteiger partial charge is 0.496 e. The van der Waals surface area contributed by atoms with E-state index in [1.807, 2.05) is 45.0 Å². The summed E-state index contributed by atoms with van der Waals surface area (Å²) in [5, 5.41) is 4.17. The number of nitrogens with one attached hydrogen (secondary N) is 2. The molecule has 0 saturated heterocycles. The van der Waals surface area contributed by atoms with E-state index in [0.29, 0.717) is 34.0 Å². The van der Waals surface area contributed by atoms with Crippen molar-refractivity contribution in [2.24, 2.45) is 0 Å². The van der Waals surface area contributed by atoms with Crippen LogP contribution in [0, 0.1) is 6.92 Å². The number of hydrogen-bond donors (Lipinski definition) is 2. The second-order valence-electron chi connectivity index (χ2n) is 14.9. The fourth-order valence-corrected chi connectivity index (χ4v) is 8.28. The van der Waals surface area contributed by atoms with Crippen LogP contribution in [0.5, 0.6) is 5.75 Å². The minimum Gasteiger partial charge on any atom is -0.496 e. The van der Waals surface area contributed by atoms with Crippen LogP contribution in [0.3, 0.4) is 0 Å². The number of rotatable bonds is 24. The van der Waals surface area contributed by atoms with Crippen LogP contribution < -0.4 is 10.1 Å². The maximum Gasteiger partial charge on any atom is 0.337 e. The molecule has 0 saturated carbocycles. The lowest BCUT2D eigenvalue weighted by molar-refractivity contribution is -0.143. The summed E-state index contributed by atoms with van der Waals surface area (Å²) in [6.45, 7) is 11.9. The Morgan fingerprint density at radius 1 is 0.833 bits per heavy atom. The molecule has 3 aromatic rings. The van der Waals surface area contributed by atoms with Gasteiger partial charge in [0.15, 0.2) is 5.16 Å². The third-order valence-corrected chi connectivity index (χ3v) is 11.0. The minimum atomic E-state index is -0.747. The van der Waals surface area contributed by atoms with Crippen LogP contribution in [0.1, 0.15) is 147 Å². The zero-order chi connectivity index (χ0) is 38.9. The monoisotopic (exact) mass is 759 g/mol. The Kier molecular flexibility index (Phi) is 18.0. The number of fused-ring (bicyclic) bond motifs is 1. The predicted molar refractivity (Wildman–Crippen MR) is 222 cm³/mol. The van der Waals surface area contributed by atoms with Crippen LogP contribution in [0.25, 0.3) is 11.0 Å². The lowest BCUT2D eigenvalue weighted by atomic mass is 9.77. The highest BCUT2D eigenvalue weighted by molar-refractivity contribution is 7.99. The van der Waals surface area contributed by atoms with Crippen LogP contribution in [0.4, 0.5) is 0 Å². The van der Waals surface area contributed by atoms with Gasteiger partial charge in [-0.15, -0.1) is 0 Å². The number of aryl methyl sites for hydroxylation is 2. The molecule has 296 valence electrons. The molecule has 4 rings (SSSR count). The number of carbonyl (C=O) groups excluding carboxylic acids is 2. The smallest absolute Gasteiger partial charge is 0.337 e. The first-order valence-corrected chi connectivity index (χ1v) is 21.5. The van der Waals surface area contributed by atoms with E-state index in [2.05, 4.69) is 36.3 Å². The topological polar surface area (TPSA) is 103 Å². The first-order chi connectivity index (χ1) is 26.2. The van der Waals surface area contributed by atoms with Gasteiger partial charge in [-0.1, -0.05) is 120 Å². The van der Waals surface area contributed by atoms with Gasteiger partial charge in [0.1, 0.15) is 5.75 Å². The molecule has 1 aliphatic heterocycles. The van der Waals surface area contributed by atoms with Crippen molar-refractivity contribution in [3.8, 4) is 5.75 Å². The minimum absolute atomic E-state index is 0.212. The van der Waals surface area contributed by atoms with Gasteiger partial charge in [0.25, 0.3) is 0 Å². The second-order valence-corrected chi connectivity index (χ2v) is 15.9. The molecule has 0 aliphatic carbocycles. The van der Waals surface area contributed by atoms with E-state index in [0.717, 1.165) is 52.1 Å². The zero-order valence-electron chi connectivity index (χ0n) is 34.0. The van der Waals surface area contributed by atoms with Crippen LogP contribution in [-0.2, 0) is 25.5 Å². The third-order valence-electron chi connectivity index (χ3n) is 10.1. The summed E-state index contributed by atoms with van der Waals surface area (Å²) in [6.07, 6.45) is 18.6. The number of methoxy groups -OCH3 is 1. The molecule has 0 amide bonds. The van der Waals surface area contributed by atoms with Gasteiger partial charge in [-0.2, -0.15) is 0 Å². The molecule has 2 N–H and O–H groups in total. The number of ether oxygens (including phenoxy) is 3. The molecular weight excluding hydrogens is 695 g/mol. The maximum absolute atomic E-state index is 14.3. The molecule has 1 aromatic heterocycles. The standard InChI is InChI=1S/C45H65N3O5S/c1-8-10-11-12-13-14-15-16-17-18-19-20-21-22-24-34-25-23-26-38(51-7)40(34)42-39(43(49)52-9-2)33(6)46-37(41(42)44(50)53-31(3)4)30-54-45-47-35-28-27-32(5)29-36(35)48-45/h23,25-29,31,42,46H,8-22,24,30H2,1-7H3,(H,47,48). The van der Waals surface area contributed by atoms with Gasteiger partial charge in [-0.05, 0) is 76.8 Å². The SMILES string of the molecule is CCCCCCCCCCCCCCCCc1cccc(OC)c1C1C(C(=O)OCC)=C(C)NC(CSc2nc3ccc(C)cc3[nH]2)=C1C(=O)OC(C)C. The first kappa shape index (κ1) is 43.0. The Morgan fingerprint density at radius 2 is 1.48 bits per heavy atom. The molecule has 8 nitrogen and oxygen atoms in total. The number of benzene rings is 2. The molecule has 54 heavy (non-hydrogen) atoms. The van der Waals surface area contributed by atoms with Gasteiger partial charge >= 0.3 is 11.9 Å². The number of nitrogens with zero attached hydrogens (tertiary/aromatic N) is 1. The van der Waals surface area contributed by atoms with Gasteiger partial charge in [-0.25, -0.2) is 14.6 Å². The van der Waals surface area contributed by atoms with E-state index in [1.165, 1.54) is 88.8 Å². The first-order valence-electron chi connectivity index (χ1n) is 20.5. The fraction of sp³-hybridized carbons (Fsp3) is 0.578. The summed E-state index contributed by atoms with van der Waals surface area (Å²) in [6, 6.07) is 12.1. The summed E-state index contributed by atoms with van der Waals surface area (Å²) >= 11 is 1.50. The lowest BCUT2D eigenvalue weighted by Crippen LogP contribution is -2.35. The molecular formula is C45H65N3O5S. The van der Waals surface area contributed by atoms with Gasteiger partial charge in [-0.3, -0.25) is 0 Å². The summed E-state index contributed by atoms with van der Waals surface area (Å²) < 4.78 is 17.6. The van der Waals surface area contributed by atoms with Crippen molar-refractivity contribution >= 4 is 34.7 Å². The van der Waals surface area contributed by atoms with Crippen LogP contribution in [0.2, 0.25) is 0 Å². The van der Waals surface area contributed by atoms with Gasteiger partial charge in [0.2, 0.25) is 0 Å². The number of esters is 2. The van der Waals surface area contributed by atoms with Crippen molar-refractivity contribution in [2.75, 3.05) is 19.5 Å². The van der Waals surface area contributed by atoms with Crippen molar-refractivity contribution in [1.82, 2.24) is 15.3 Å². The number of H-pyrrole nitrogens is 1. The van der Waals surface area contributed by atoms with Crippen molar-refractivity contribution in [1.29, 1.82) is 0 Å². The van der Waals surface area contributed by atoms with Gasteiger partial charge < -0.3 is 24.5 Å². The van der Waals surface area contributed by atoms with Crippen molar-refractivity contribution in [3.05, 3.63) is 75.6 Å².